The Kier molecular flexibility index (Phi) is 3.46. The summed E-state index contributed by atoms with van der Waals surface area (Å²) in [6.45, 7) is 3.60. The molecule has 2 aliphatic heterocycles. The molecular weight excluding hydrogens is 262 g/mol. The van der Waals surface area contributed by atoms with E-state index in [1.54, 1.807) is 0 Å². The molecule has 0 aromatic rings. The fourth-order valence-electron chi connectivity index (χ4n) is 3.01. The summed E-state index contributed by atoms with van der Waals surface area (Å²) in [6, 6.07) is 0. The van der Waals surface area contributed by atoms with Crippen LogP contribution in [0.2, 0.25) is 0 Å². The van der Waals surface area contributed by atoms with Crippen LogP contribution in [0, 0.1) is 5.41 Å². The number of fused-ring (bicyclic) bond motifs is 2. The third-order valence-corrected chi connectivity index (χ3v) is 5.52. The molecule has 7 heteroatoms. The second kappa shape index (κ2) is 4.64. The molecule has 0 aromatic carbocycles. The molecule has 1 saturated carbocycles. The first-order valence-electron chi connectivity index (χ1n) is 5.89. The van der Waals surface area contributed by atoms with E-state index < -0.39 is 14.0 Å². The van der Waals surface area contributed by atoms with Crippen molar-refractivity contribution in [1.29, 1.82) is 0 Å². The third-order valence-electron chi connectivity index (χ3n) is 3.94. The standard InChI is InChI=1S/C10H18O5P2/c1-17-13-5-9(6-14-17)3-2-4-10(11)7-12-16-15-8(9)10/h8,11,16H,2-7H2,1H3. The van der Waals surface area contributed by atoms with Crippen LogP contribution in [0.4, 0.5) is 0 Å². The van der Waals surface area contributed by atoms with Gasteiger partial charge >= 0.3 is 0 Å². The molecule has 3 unspecified atom stereocenters. The lowest BCUT2D eigenvalue weighted by molar-refractivity contribution is -0.202. The molecule has 5 nitrogen and oxygen atoms in total. The Hall–Kier alpha value is 0.660. The second-order valence-corrected chi connectivity index (χ2v) is 7.26. The van der Waals surface area contributed by atoms with Crippen LogP contribution in [0.25, 0.3) is 0 Å². The molecule has 3 atom stereocenters. The van der Waals surface area contributed by atoms with Crippen molar-refractivity contribution < 1.29 is 23.2 Å². The fraction of sp³-hybridized carbons (Fsp3) is 1.00. The predicted octanol–water partition coefficient (Wildman–Crippen LogP) is 1.80. The quantitative estimate of drug-likeness (QED) is 0.686. The van der Waals surface area contributed by atoms with E-state index in [2.05, 4.69) is 0 Å². The topological polar surface area (TPSA) is 57.2 Å². The van der Waals surface area contributed by atoms with E-state index in [0.717, 1.165) is 19.3 Å². The normalized spacial score (nSPS) is 52.6. The van der Waals surface area contributed by atoms with Crippen LogP contribution in [-0.2, 0) is 18.1 Å². The van der Waals surface area contributed by atoms with Gasteiger partial charge in [-0.1, -0.05) is 0 Å². The molecule has 2 saturated heterocycles. The van der Waals surface area contributed by atoms with Crippen LogP contribution in [0.15, 0.2) is 0 Å². The molecule has 17 heavy (non-hydrogen) atoms. The van der Waals surface area contributed by atoms with Gasteiger partial charge < -0.3 is 23.2 Å². The van der Waals surface area contributed by atoms with Crippen molar-refractivity contribution in [1.82, 2.24) is 0 Å². The molecule has 1 aliphatic carbocycles. The summed E-state index contributed by atoms with van der Waals surface area (Å²) in [5.74, 6) is 0. The van der Waals surface area contributed by atoms with Crippen LogP contribution < -0.4 is 0 Å². The zero-order chi connectivity index (χ0) is 11.9. The molecule has 0 amide bonds. The van der Waals surface area contributed by atoms with E-state index >= 15 is 0 Å². The van der Waals surface area contributed by atoms with Gasteiger partial charge in [-0.25, -0.2) is 0 Å². The summed E-state index contributed by atoms with van der Waals surface area (Å²) >= 11 is 0. The van der Waals surface area contributed by atoms with Crippen LogP contribution in [0.1, 0.15) is 19.3 Å². The summed E-state index contributed by atoms with van der Waals surface area (Å²) in [5, 5.41) is 10.6. The minimum Gasteiger partial charge on any atom is -0.385 e. The Morgan fingerprint density at radius 2 is 2.00 bits per heavy atom. The SMILES string of the molecule is CP1OCC2(CCCC3(O)COPOC32)CO1. The van der Waals surface area contributed by atoms with E-state index in [0.29, 0.717) is 19.8 Å². The largest absolute Gasteiger partial charge is 0.385 e. The highest BCUT2D eigenvalue weighted by molar-refractivity contribution is 7.46. The van der Waals surface area contributed by atoms with E-state index in [1.807, 2.05) is 6.66 Å². The summed E-state index contributed by atoms with van der Waals surface area (Å²) in [7, 11) is -0.731. The highest BCUT2D eigenvalue weighted by Crippen LogP contribution is 2.54. The van der Waals surface area contributed by atoms with Crippen molar-refractivity contribution >= 4 is 17.4 Å². The lowest BCUT2D eigenvalue weighted by Gasteiger charge is -2.54. The number of hydrogen-bond acceptors (Lipinski definition) is 5. The van der Waals surface area contributed by atoms with Crippen molar-refractivity contribution in [2.24, 2.45) is 5.41 Å². The summed E-state index contributed by atoms with van der Waals surface area (Å²) in [6.07, 6.45) is 2.50. The van der Waals surface area contributed by atoms with E-state index in [9.17, 15) is 5.11 Å². The molecule has 0 bridgehead atoms. The van der Waals surface area contributed by atoms with E-state index in [-0.39, 0.29) is 20.6 Å². The molecule has 3 aliphatic rings. The van der Waals surface area contributed by atoms with Crippen molar-refractivity contribution in [2.75, 3.05) is 26.5 Å². The van der Waals surface area contributed by atoms with Crippen LogP contribution in [-0.4, -0.2) is 43.3 Å². The maximum absolute atomic E-state index is 10.6. The second-order valence-electron chi connectivity index (χ2n) is 5.18. The number of rotatable bonds is 0. The highest BCUT2D eigenvalue weighted by Gasteiger charge is 2.57. The van der Waals surface area contributed by atoms with Gasteiger partial charge in [-0.05, 0) is 19.3 Å². The zero-order valence-corrected chi connectivity index (χ0v) is 11.7. The lowest BCUT2D eigenvalue weighted by Crippen LogP contribution is -2.63. The van der Waals surface area contributed by atoms with Crippen LogP contribution in [0.5, 0.6) is 0 Å². The minimum atomic E-state index is -0.857. The molecule has 3 rings (SSSR count). The Bertz CT molecular complexity index is 290. The smallest absolute Gasteiger partial charge is 0.167 e. The fourth-order valence-corrected chi connectivity index (χ4v) is 4.91. The minimum absolute atomic E-state index is 0.0188. The van der Waals surface area contributed by atoms with Crippen molar-refractivity contribution in [3.63, 3.8) is 0 Å². The molecular formula is C10H18O5P2. The molecule has 1 spiro atoms. The van der Waals surface area contributed by atoms with Crippen molar-refractivity contribution in [3.8, 4) is 0 Å². The van der Waals surface area contributed by atoms with Gasteiger partial charge in [0.15, 0.2) is 17.4 Å². The van der Waals surface area contributed by atoms with E-state index in [1.165, 1.54) is 0 Å². The van der Waals surface area contributed by atoms with Gasteiger partial charge in [0, 0.05) is 12.1 Å². The van der Waals surface area contributed by atoms with Gasteiger partial charge in [-0.2, -0.15) is 0 Å². The first-order valence-corrected chi connectivity index (χ1v) is 8.33. The maximum atomic E-state index is 10.6. The molecule has 2 heterocycles. The van der Waals surface area contributed by atoms with Crippen molar-refractivity contribution in [3.05, 3.63) is 0 Å². The molecule has 98 valence electrons. The van der Waals surface area contributed by atoms with Gasteiger partial charge in [0.1, 0.15) is 11.7 Å². The molecule has 0 aromatic heterocycles. The first kappa shape index (κ1) is 12.7. The molecule has 1 N–H and O–H groups in total. The molecule has 3 fully saturated rings. The van der Waals surface area contributed by atoms with E-state index in [4.69, 9.17) is 18.1 Å². The Morgan fingerprint density at radius 3 is 2.76 bits per heavy atom. The monoisotopic (exact) mass is 280 g/mol. The van der Waals surface area contributed by atoms with Crippen LogP contribution >= 0.6 is 17.4 Å². The summed E-state index contributed by atoms with van der Waals surface area (Å²) in [5.41, 5.74) is -1.04. The lowest BCUT2D eigenvalue weighted by atomic mass is 9.66. The van der Waals surface area contributed by atoms with Crippen LogP contribution in [0.3, 0.4) is 0 Å². The van der Waals surface area contributed by atoms with Crippen molar-refractivity contribution in [2.45, 2.75) is 31.0 Å². The van der Waals surface area contributed by atoms with Gasteiger partial charge in [-0.15, -0.1) is 0 Å². The van der Waals surface area contributed by atoms with Gasteiger partial charge in [-0.3, -0.25) is 0 Å². The Balaban J connectivity index is 1.83. The predicted molar refractivity (Wildman–Crippen MR) is 65.1 cm³/mol. The maximum Gasteiger partial charge on any atom is 0.167 e. The highest BCUT2D eigenvalue weighted by atomic mass is 31.2. The van der Waals surface area contributed by atoms with Gasteiger partial charge in [0.05, 0.1) is 19.8 Å². The Labute approximate surface area is 104 Å². The summed E-state index contributed by atoms with van der Waals surface area (Å²) in [4.78, 5) is 0. The molecule has 0 radical (unpaired) electrons. The first-order chi connectivity index (χ1) is 8.15. The number of hydrogen-bond donors (Lipinski definition) is 1. The summed E-state index contributed by atoms with van der Waals surface area (Å²) < 4.78 is 22.3. The zero-order valence-electron chi connectivity index (χ0n) is 9.85. The average molecular weight is 280 g/mol. The third kappa shape index (κ3) is 2.17. The average Bonchev–Trinajstić information content (AvgIpc) is 2.33. The van der Waals surface area contributed by atoms with Gasteiger partial charge in [0.25, 0.3) is 0 Å². The Morgan fingerprint density at radius 1 is 1.24 bits per heavy atom. The number of aliphatic hydroxyl groups is 1. The van der Waals surface area contributed by atoms with Gasteiger partial charge in [0.2, 0.25) is 0 Å².